The second-order valence-corrected chi connectivity index (χ2v) is 9.40. The Morgan fingerprint density at radius 1 is 1.00 bits per heavy atom. The quantitative estimate of drug-likeness (QED) is 0.250. The molecule has 0 bridgehead atoms. The molecule has 1 amide bonds. The lowest BCUT2D eigenvalue weighted by atomic mass is 10.0. The predicted molar refractivity (Wildman–Crippen MR) is 132 cm³/mol. The van der Waals surface area contributed by atoms with Gasteiger partial charge in [0, 0.05) is 43.9 Å². The van der Waals surface area contributed by atoms with Crippen molar-refractivity contribution in [1.82, 2.24) is 24.4 Å². The zero-order chi connectivity index (χ0) is 28.8. The Labute approximate surface area is 224 Å². The molecule has 13 heteroatoms. The molecule has 1 aliphatic heterocycles. The molecule has 3 heterocycles. The molecule has 0 radical (unpaired) electrons. The number of benzene rings is 2. The Kier molecular flexibility index (Phi) is 7.17. The molecule has 0 spiro atoms. The van der Waals surface area contributed by atoms with Crippen LogP contribution in [0.15, 0.2) is 42.6 Å². The Hall–Kier alpha value is -4.13. The van der Waals surface area contributed by atoms with Crippen molar-refractivity contribution in [2.45, 2.75) is 19.6 Å². The summed E-state index contributed by atoms with van der Waals surface area (Å²) in [6.45, 7) is 2.48. The molecule has 4 aromatic rings. The lowest BCUT2D eigenvalue weighted by Gasteiger charge is -2.34. The molecule has 1 fully saturated rings. The van der Waals surface area contributed by atoms with Crippen LogP contribution in [0.2, 0.25) is 0 Å². The number of rotatable bonds is 5. The number of fused-ring (bicyclic) bond motifs is 1. The highest BCUT2D eigenvalue weighted by Gasteiger charge is 2.39. The van der Waals surface area contributed by atoms with Gasteiger partial charge in [-0.15, -0.1) is 0 Å². The van der Waals surface area contributed by atoms with Crippen LogP contribution in [0, 0.1) is 24.4 Å². The standard InChI is InChI=1S/C27H23F6N5O2/c1-15-23(17-3-5-18(40-2)6-4-17)35-25-19(13-34-38(25)24(15)27(31,32)33)26(39)37-9-7-36(8-10-37)14-16-11-20(28)22(30)21(29)12-16/h3-6,11-13H,7-10,14H2,1-2H3. The zero-order valence-electron chi connectivity index (χ0n) is 21.4. The lowest BCUT2D eigenvalue weighted by Crippen LogP contribution is -2.48. The van der Waals surface area contributed by atoms with E-state index in [0.29, 0.717) is 28.9 Å². The molecule has 1 aliphatic rings. The van der Waals surface area contributed by atoms with Crippen molar-refractivity contribution in [3.05, 3.63) is 82.4 Å². The summed E-state index contributed by atoms with van der Waals surface area (Å²) in [4.78, 5) is 21.2. The Morgan fingerprint density at radius 3 is 2.20 bits per heavy atom. The minimum atomic E-state index is -4.77. The Balaban J connectivity index is 1.42. The van der Waals surface area contributed by atoms with Crippen molar-refractivity contribution in [3.8, 4) is 17.0 Å². The molecule has 1 saturated heterocycles. The molecule has 7 nitrogen and oxygen atoms in total. The molecule has 0 unspecified atom stereocenters. The van der Waals surface area contributed by atoms with Gasteiger partial charge in [-0.25, -0.2) is 22.7 Å². The highest BCUT2D eigenvalue weighted by molar-refractivity contribution is 6.00. The second kappa shape index (κ2) is 10.5. The molecule has 40 heavy (non-hydrogen) atoms. The van der Waals surface area contributed by atoms with E-state index < -0.39 is 35.2 Å². The lowest BCUT2D eigenvalue weighted by molar-refractivity contribution is -0.143. The van der Waals surface area contributed by atoms with Gasteiger partial charge in [0.2, 0.25) is 0 Å². The van der Waals surface area contributed by atoms with Crippen molar-refractivity contribution in [1.29, 1.82) is 0 Å². The number of hydrogen-bond donors (Lipinski definition) is 0. The molecule has 210 valence electrons. The van der Waals surface area contributed by atoms with E-state index in [0.717, 1.165) is 18.3 Å². The molecular formula is C27H23F6N5O2. The van der Waals surface area contributed by atoms with Gasteiger partial charge in [0.1, 0.15) is 11.3 Å². The highest BCUT2D eigenvalue weighted by Crippen LogP contribution is 2.37. The first-order chi connectivity index (χ1) is 19.0. The van der Waals surface area contributed by atoms with Gasteiger partial charge in [-0.2, -0.15) is 18.3 Å². The fourth-order valence-corrected chi connectivity index (χ4v) is 4.82. The summed E-state index contributed by atoms with van der Waals surface area (Å²) < 4.78 is 88.7. The van der Waals surface area contributed by atoms with E-state index in [4.69, 9.17) is 4.74 Å². The number of ether oxygens (including phenoxy) is 1. The fraction of sp³-hybridized carbons (Fsp3) is 0.296. The summed E-state index contributed by atoms with van der Waals surface area (Å²) in [5, 5.41) is 3.87. The maximum absolute atomic E-state index is 14.2. The summed E-state index contributed by atoms with van der Waals surface area (Å²) in [6.07, 6.45) is -3.70. The largest absolute Gasteiger partial charge is 0.497 e. The van der Waals surface area contributed by atoms with Crippen molar-refractivity contribution < 1.29 is 35.9 Å². The third kappa shape index (κ3) is 5.08. The van der Waals surface area contributed by atoms with Gasteiger partial charge in [-0.1, -0.05) is 0 Å². The van der Waals surface area contributed by atoms with Crippen LogP contribution in [0.25, 0.3) is 16.9 Å². The first kappa shape index (κ1) is 27.4. The summed E-state index contributed by atoms with van der Waals surface area (Å²) in [5.74, 6) is -4.13. The maximum atomic E-state index is 14.2. The average molecular weight is 564 g/mol. The normalized spacial score (nSPS) is 14.7. The number of nitrogens with zero attached hydrogens (tertiary/aromatic N) is 5. The fourth-order valence-electron chi connectivity index (χ4n) is 4.82. The van der Waals surface area contributed by atoms with E-state index in [2.05, 4.69) is 10.1 Å². The minimum Gasteiger partial charge on any atom is -0.497 e. The Bertz CT molecular complexity index is 1550. The molecular weight excluding hydrogens is 540 g/mol. The number of carbonyl (C=O) groups is 1. The van der Waals surface area contributed by atoms with Crippen molar-refractivity contribution in [2.75, 3.05) is 33.3 Å². The van der Waals surface area contributed by atoms with Crippen molar-refractivity contribution in [2.24, 2.45) is 0 Å². The van der Waals surface area contributed by atoms with E-state index >= 15 is 0 Å². The topological polar surface area (TPSA) is 63.0 Å². The van der Waals surface area contributed by atoms with Gasteiger partial charge in [-0.05, 0) is 48.9 Å². The number of amides is 1. The van der Waals surface area contributed by atoms with Crippen LogP contribution in [0.4, 0.5) is 26.3 Å². The number of alkyl halides is 3. The number of carbonyl (C=O) groups excluding carboxylic acids is 1. The van der Waals surface area contributed by atoms with Gasteiger partial charge in [0.15, 0.2) is 28.8 Å². The first-order valence-electron chi connectivity index (χ1n) is 12.2. The van der Waals surface area contributed by atoms with Gasteiger partial charge >= 0.3 is 6.18 Å². The van der Waals surface area contributed by atoms with Gasteiger partial charge in [0.25, 0.3) is 5.91 Å². The van der Waals surface area contributed by atoms with Crippen LogP contribution < -0.4 is 4.74 Å². The van der Waals surface area contributed by atoms with Crippen LogP contribution in [0.1, 0.15) is 27.2 Å². The highest BCUT2D eigenvalue weighted by atomic mass is 19.4. The number of piperazine rings is 1. The van der Waals surface area contributed by atoms with E-state index in [-0.39, 0.29) is 47.7 Å². The van der Waals surface area contributed by atoms with E-state index in [9.17, 15) is 31.1 Å². The van der Waals surface area contributed by atoms with Crippen LogP contribution in [0.3, 0.4) is 0 Å². The minimum absolute atomic E-state index is 0.0561. The van der Waals surface area contributed by atoms with Crippen LogP contribution in [-0.2, 0) is 12.7 Å². The molecule has 0 N–H and O–H groups in total. The van der Waals surface area contributed by atoms with Crippen molar-refractivity contribution >= 4 is 11.6 Å². The number of halogens is 6. The molecule has 0 aliphatic carbocycles. The number of hydrogen-bond acceptors (Lipinski definition) is 5. The molecule has 5 rings (SSSR count). The summed E-state index contributed by atoms with van der Waals surface area (Å²) in [6, 6.07) is 8.21. The average Bonchev–Trinajstić information content (AvgIpc) is 3.33. The van der Waals surface area contributed by atoms with E-state index in [1.807, 2.05) is 4.90 Å². The first-order valence-corrected chi connectivity index (χ1v) is 12.2. The Morgan fingerprint density at radius 2 is 1.62 bits per heavy atom. The van der Waals surface area contributed by atoms with Crippen LogP contribution in [-0.4, -0.2) is 63.6 Å². The van der Waals surface area contributed by atoms with E-state index in [1.54, 1.807) is 24.3 Å². The van der Waals surface area contributed by atoms with Gasteiger partial charge in [0.05, 0.1) is 19.0 Å². The molecule has 2 aromatic carbocycles. The second-order valence-electron chi connectivity index (χ2n) is 9.40. The maximum Gasteiger partial charge on any atom is 0.433 e. The molecule has 2 aromatic heterocycles. The van der Waals surface area contributed by atoms with Crippen LogP contribution in [0.5, 0.6) is 5.75 Å². The van der Waals surface area contributed by atoms with E-state index in [1.165, 1.54) is 18.9 Å². The van der Waals surface area contributed by atoms with Crippen LogP contribution >= 0.6 is 0 Å². The zero-order valence-corrected chi connectivity index (χ0v) is 21.4. The number of methoxy groups -OCH3 is 1. The summed E-state index contributed by atoms with van der Waals surface area (Å²) >= 11 is 0. The summed E-state index contributed by atoms with van der Waals surface area (Å²) in [7, 11) is 1.47. The third-order valence-corrected chi connectivity index (χ3v) is 6.86. The smallest absolute Gasteiger partial charge is 0.433 e. The number of aromatic nitrogens is 3. The van der Waals surface area contributed by atoms with Crippen molar-refractivity contribution in [3.63, 3.8) is 0 Å². The SMILES string of the molecule is COc1ccc(-c2nc3c(C(=O)N4CCN(Cc5cc(F)c(F)c(F)c5)CC4)cnn3c(C(F)(F)F)c2C)cc1. The third-order valence-electron chi connectivity index (χ3n) is 6.86. The van der Waals surface area contributed by atoms with Gasteiger partial charge in [-0.3, -0.25) is 9.69 Å². The predicted octanol–water partition coefficient (Wildman–Crippen LogP) is 5.11. The monoisotopic (exact) mass is 563 g/mol. The molecule has 0 saturated carbocycles. The molecule has 0 atom stereocenters. The summed E-state index contributed by atoms with van der Waals surface area (Å²) in [5.41, 5.74) is -0.789. The van der Waals surface area contributed by atoms with Gasteiger partial charge < -0.3 is 9.64 Å².